The van der Waals surface area contributed by atoms with E-state index in [4.69, 9.17) is 0 Å². The summed E-state index contributed by atoms with van der Waals surface area (Å²) in [7, 11) is 0. The molecule has 2 aliphatic rings. The summed E-state index contributed by atoms with van der Waals surface area (Å²) in [6.45, 7) is 0.307. The molecule has 1 atom stereocenters. The molecular weight excluding hydrogens is 246 g/mol. The first-order valence-corrected chi connectivity index (χ1v) is 6.36. The van der Waals surface area contributed by atoms with E-state index < -0.39 is 12.0 Å². The number of aromatic nitrogens is 2. The number of aliphatic carboxylic acids is 1. The lowest BCUT2D eigenvalue weighted by Crippen LogP contribution is -2.50. The summed E-state index contributed by atoms with van der Waals surface area (Å²) in [6.07, 6.45) is 7.19. The van der Waals surface area contributed by atoms with Gasteiger partial charge in [0.05, 0.1) is 24.3 Å². The van der Waals surface area contributed by atoms with Crippen LogP contribution >= 0.6 is 0 Å². The maximum atomic E-state index is 12.4. The van der Waals surface area contributed by atoms with Crippen molar-refractivity contribution in [2.75, 3.05) is 0 Å². The average Bonchev–Trinajstić information content (AvgIpc) is 3.06. The third-order valence-electron chi connectivity index (χ3n) is 3.82. The number of rotatable bonds is 2. The van der Waals surface area contributed by atoms with Gasteiger partial charge in [0.15, 0.2) is 0 Å². The molecule has 0 aromatic carbocycles. The molecule has 1 amide bonds. The number of nitrogens with one attached hydrogen (secondary N) is 1. The third-order valence-corrected chi connectivity index (χ3v) is 3.82. The van der Waals surface area contributed by atoms with Crippen LogP contribution in [0.2, 0.25) is 0 Å². The number of carboxylic acids is 1. The lowest BCUT2D eigenvalue weighted by Gasteiger charge is -2.34. The van der Waals surface area contributed by atoms with Crippen LogP contribution in [0.4, 0.5) is 0 Å². The molecule has 1 unspecified atom stereocenters. The predicted molar refractivity (Wildman–Crippen MR) is 66.1 cm³/mol. The normalized spacial score (nSPS) is 22.5. The number of carbonyl (C=O) groups is 2. The van der Waals surface area contributed by atoms with E-state index in [9.17, 15) is 14.7 Å². The van der Waals surface area contributed by atoms with E-state index in [1.54, 1.807) is 6.33 Å². The van der Waals surface area contributed by atoms with Gasteiger partial charge in [-0.15, -0.1) is 0 Å². The first-order valence-electron chi connectivity index (χ1n) is 6.36. The Labute approximate surface area is 110 Å². The van der Waals surface area contributed by atoms with Gasteiger partial charge in [-0.2, -0.15) is 0 Å². The number of hydrogen-bond acceptors (Lipinski definition) is 3. The Morgan fingerprint density at radius 1 is 1.37 bits per heavy atom. The zero-order chi connectivity index (χ0) is 13.4. The summed E-state index contributed by atoms with van der Waals surface area (Å²) >= 11 is 0. The molecule has 0 saturated heterocycles. The highest BCUT2D eigenvalue weighted by Gasteiger charge is 2.38. The van der Waals surface area contributed by atoms with Gasteiger partial charge in [0.25, 0.3) is 0 Å². The van der Waals surface area contributed by atoms with Crippen LogP contribution in [-0.2, 0) is 22.6 Å². The van der Waals surface area contributed by atoms with Crippen molar-refractivity contribution in [3.63, 3.8) is 0 Å². The summed E-state index contributed by atoms with van der Waals surface area (Å²) in [5, 5.41) is 9.32. The van der Waals surface area contributed by atoms with E-state index in [0.29, 0.717) is 19.4 Å². The van der Waals surface area contributed by atoms with Gasteiger partial charge < -0.3 is 15.0 Å². The van der Waals surface area contributed by atoms with Gasteiger partial charge in [0, 0.05) is 12.3 Å². The molecule has 6 nitrogen and oxygen atoms in total. The van der Waals surface area contributed by atoms with E-state index in [1.165, 1.54) is 4.90 Å². The zero-order valence-corrected chi connectivity index (χ0v) is 10.4. The minimum absolute atomic E-state index is 0.0716. The number of hydrogen-bond donors (Lipinski definition) is 2. The van der Waals surface area contributed by atoms with E-state index in [-0.39, 0.29) is 18.2 Å². The van der Waals surface area contributed by atoms with Gasteiger partial charge in [0.2, 0.25) is 5.91 Å². The van der Waals surface area contributed by atoms with Gasteiger partial charge in [-0.05, 0) is 12.8 Å². The summed E-state index contributed by atoms with van der Waals surface area (Å²) in [5.74, 6) is -1.14. The van der Waals surface area contributed by atoms with E-state index in [0.717, 1.165) is 11.4 Å². The van der Waals surface area contributed by atoms with Crippen LogP contribution in [0.15, 0.2) is 18.5 Å². The second kappa shape index (κ2) is 4.53. The van der Waals surface area contributed by atoms with Gasteiger partial charge in [-0.25, -0.2) is 9.78 Å². The molecule has 3 rings (SSSR count). The van der Waals surface area contributed by atoms with Crippen molar-refractivity contribution in [3.8, 4) is 0 Å². The Hall–Kier alpha value is -2.11. The van der Waals surface area contributed by atoms with Crippen molar-refractivity contribution >= 4 is 11.9 Å². The fraction of sp³-hybridized carbons (Fsp3) is 0.462. The standard InChI is InChI=1S/C13H15N3O3/c17-12(8-3-1-2-4-8)16-6-10-9(14-7-15-10)5-11(16)13(18)19/h1-2,7-8,11H,3-6H2,(H,14,15)(H,18,19). The summed E-state index contributed by atoms with van der Waals surface area (Å²) in [5.41, 5.74) is 1.60. The first kappa shape index (κ1) is 12.0. The summed E-state index contributed by atoms with van der Waals surface area (Å²) < 4.78 is 0. The van der Waals surface area contributed by atoms with Crippen LogP contribution in [0.5, 0.6) is 0 Å². The zero-order valence-electron chi connectivity index (χ0n) is 10.4. The predicted octanol–water partition coefficient (Wildman–Crippen LogP) is 0.714. The fourth-order valence-electron chi connectivity index (χ4n) is 2.74. The van der Waals surface area contributed by atoms with E-state index in [2.05, 4.69) is 9.97 Å². The summed E-state index contributed by atoms with van der Waals surface area (Å²) in [6, 6.07) is -0.802. The molecule has 1 aromatic heterocycles. The highest BCUT2D eigenvalue weighted by atomic mass is 16.4. The van der Waals surface area contributed by atoms with Gasteiger partial charge in [-0.3, -0.25) is 4.79 Å². The maximum Gasteiger partial charge on any atom is 0.326 e. The number of carboxylic acid groups (broad SMARTS) is 1. The number of nitrogens with zero attached hydrogens (tertiary/aromatic N) is 2. The number of fused-ring (bicyclic) bond motifs is 1. The molecule has 2 heterocycles. The van der Waals surface area contributed by atoms with Crippen LogP contribution in [-0.4, -0.2) is 37.9 Å². The highest BCUT2D eigenvalue weighted by molar-refractivity contribution is 5.86. The van der Waals surface area contributed by atoms with Gasteiger partial charge >= 0.3 is 5.97 Å². The Morgan fingerprint density at radius 2 is 2.11 bits per heavy atom. The fourth-order valence-corrected chi connectivity index (χ4v) is 2.74. The lowest BCUT2D eigenvalue weighted by atomic mass is 9.98. The van der Waals surface area contributed by atoms with Gasteiger partial charge in [0.1, 0.15) is 6.04 Å². The first-order chi connectivity index (χ1) is 9.16. The van der Waals surface area contributed by atoms with E-state index in [1.807, 2.05) is 12.2 Å². The van der Waals surface area contributed by atoms with Crippen molar-refractivity contribution in [3.05, 3.63) is 29.9 Å². The second-order valence-corrected chi connectivity index (χ2v) is 4.99. The molecule has 19 heavy (non-hydrogen) atoms. The smallest absolute Gasteiger partial charge is 0.326 e. The number of amides is 1. The summed E-state index contributed by atoms with van der Waals surface area (Å²) in [4.78, 5) is 32.4. The van der Waals surface area contributed by atoms with Crippen molar-refractivity contribution in [2.45, 2.75) is 31.8 Å². The van der Waals surface area contributed by atoms with Crippen molar-refractivity contribution in [1.29, 1.82) is 0 Å². The Bertz CT molecular complexity index is 541. The van der Waals surface area contributed by atoms with Crippen molar-refractivity contribution in [1.82, 2.24) is 14.9 Å². The Balaban J connectivity index is 1.85. The minimum Gasteiger partial charge on any atom is -0.480 e. The molecule has 6 heteroatoms. The molecular formula is C13H15N3O3. The van der Waals surface area contributed by atoms with E-state index >= 15 is 0 Å². The molecule has 0 saturated carbocycles. The Morgan fingerprint density at radius 3 is 2.79 bits per heavy atom. The molecule has 0 bridgehead atoms. The molecule has 2 N–H and O–H groups in total. The van der Waals surface area contributed by atoms with Crippen molar-refractivity contribution in [2.24, 2.45) is 5.92 Å². The monoisotopic (exact) mass is 261 g/mol. The highest BCUT2D eigenvalue weighted by Crippen LogP contribution is 2.27. The number of imidazole rings is 1. The van der Waals surface area contributed by atoms with Crippen LogP contribution in [0.3, 0.4) is 0 Å². The maximum absolute atomic E-state index is 12.4. The third kappa shape index (κ3) is 2.03. The number of carbonyl (C=O) groups excluding carboxylic acids is 1. The molecule has 0 radical (unpaired) electrons. The molecule has 0 spiro atoms. The lowest BCUT2D eigenvalue weighted by molar-refractivity contribution is -0.153. The molecule has 100 valence electrons. The molecule has 0 fully saturated rings. The van der Waals surface area contributed by atoms with Crippen LogP contribution in [0, 0.1) is 5.92 Å². The topological polar surface area (TPSA) is 86.3 Å². The van der Waals surface area contributed by atoms with Crippen LogP contribution in [0.25, 0.3) is 0 Å². The molecule has 1 aliphatic heterocycles. The quantitative estimate of drug-likeness (QED) is 0.768. The number of allylic oxidation sites excluding steroid dienone is 2. The Kier molecular flexibility index (Phi) is 2.85. The van der Waals surface area contributed by atoms with Crippen LogP contribution in [0.1, 0.15) is 24.2 Å². The number of aromatic amines is 1. The van der Waals surface area contributed by atoms with Crippen molar-refractivity contribution < 1.29 is 14.7 Å². The SMILES string of the molecule is O=C(O)C1Cc2nc[nH]c2CN1C(=O)C1CC=CC1. The van der Waals surface area contributed by atoms with Crippen LogP contribution < -0.4 is 0 Å². The van der Waals surface area contributed by atoms with Gasteiger partial charge in [-0.1, -0.05) is 12.2 Å². The number of H-pyrrole nitrogens is 1. The molecule has 1 aromatic rings. The second-order valence-electron chi connectivity index (χ2n) is 4.99. The minimum atomic E-state index is -0.965. The largest absolute Gasteiger partial charge is 0.480 e. The molecule has 1 aliphatic carbocycles. The average molecular weight is 261 g/mol.